The number of aliphatic carboxylic acids is 1. The molecular weight excluding hydrogens is 297 g/mol. The van der Waals surface area contributed by atoms with E-state index < -0.39 is 11.8 Å². The summed E-state index contributed by atoms with van der Waals surface area (Å²) in [5.74, 6) is -0.495. The van der Waals surface area contributed by atoms with E-state index in [4.69, 9.17) is 9.84 Å². The normalized spacial score (nSPS) is 17.3. The fourth-order valence-corrected chi connectivity index (χ4v) is 2.97. The second-order valence-corrected chi connectivity index (χ2v) is 5.62. The molecule has 0 aromatic heterocycles. The molecule has 1 atom stereocenters. The van der Waals surface area contributed by atoms with Crippen molar-refractivity contribution in [2.24, 2.45) is 0 Å². The van der Waals surface area contributed by atoms with Crippen LogP contribution in [0.3, 0.4) is 0 Å². The second-order valence-electron chi connectivity index (χ2n) is 5.62. The molecule has 1 heterocycles. The molecule has 0 saturated carbocycles. The van der Waals surface area contributed by atoms with Gasteiger partial charge in [-0.15, -0.1) is 0 Å². The zero-order chi connectivity index (χ0) is 16.2. The van der Waals surface area contributed by atoms with Gasteiger partial charge in [-0.2, -0.15) is 0 Å². The molecule has 1 unspecified atom stereocenters. The Bertz CT molecular complexity index is 704. The summed E-state index contributed by atoms with van der Waals surface area (Å²) in [5, 5.41) is 9.03. The maximum Gasteiger partial charge on any atom is 0.305 e. The zero-order valence-corrected chi connectivity index (χ0v) is 12.6. The van der Waals surface area contributed by atoms with E-state index in [1.807, 2.05) is 18.2 Å². The average molecular weight is 315 g/mol. The Morgan fingerprint density at radius 2 is 2.09 bits per heavy atom. The number of hydrogen-bond donors (Lipinski definition) is 1. The van der Waals surface area contributed by atoms with Crippen molar-refractivity contribution in [1.29, 1.82) is 0 Å². The molecule has 1 N–H and O–H groups in total. The molecule has 1 saturated heterocycles. The maximum atomic E-state index is 13.7. The molecule has 4 nitrogen and oxygen atoms in total. The Morgan fingerprint density at radius 1 is 1.26 bits per heavy atom. The highest BCUT2D eigenvalue weighted by Crippen LogP contribution is 2.32. The topological polar surface area (TPSA) is 49.8 Å². The highest BCUT2D eigenvalue weighted by Gasteiger charge is 2.27. The quantitative estimate of drug-likeness (QED) is 0.904. The molecule has 3 rings (SSSR count). The Kier molecular flexibility index (Phi) is 4.46. The molecule has 2 aromatic carbocycles. The van der Waals surface area contributed by atoms with E-state index in [9.17, 15) is 9.18 Å². The highest BCUT2D eigenvalue weighted by molar-refractivity contribution is 5.69. The van der Waals surface area contributed by atoms with E-state index in [-0.39, 0.29) is 18.2 Å². The number of halogens is 1. The van der Waals surface area contributed by atoms with Crippen molar-refractivity contribution in [3.8, 4) is 11.5 Å². The molecule has 120 valence electrons. The molecule has 1 aliphatic rings. The van der Waals surface area contributed by atoms with Gasteiger partial charge in [-0.05, 0) is 37.1 Å². The second kappa shape index (κ2) is 6.69. The molecule has 0 radical (unpaired) electrons. The number of nitrogens with zero attached hydrogens (tertiary/aromatic N) is 1. The van der Waals surface area contributed by atoms with E-state index in [1.54, 1.807) is 24.3 Å². The molecule has 1 fully saturated rings. The van der Waals surface area contributed by atoms with Crippen LogP contribution in [0.15, 0.2) is 48.5 Å². The first kappa shape index (κ1) is 15.3. The van der Waals surface area contributed by atoms with Crippen LogP contribution >= 0.6 is 0 Å². The van der Waals surface area contributed by atoms with Crippen molar-refractivity contribution >= 4 is 11.7 Å². The van der Waals surface area contributed by atoms with Gasteiger partial charge in [-0.25, -0.2) is 4.39 Å². The lowest BCUT2D eigenvalue weighted by Gasteiger charge is -2.26. The van der Waals surface area contributed by atoms with Crippen molar-refractivity contribution in [2.45, 2.75) is 25.3 Å². The van der Waals surface area contributed by atoms with E-state index in [0.717, 1.165) is 25.1 Å². The minimum absolute atomic E-state index is 0.00351. The molecule has 23 heavy (non-hydrogen) atoms. The number of para-hydroxylation sites is 1. The predicted molar refractivity (Wildman–Crippen MR) is 85.5 cm³/mol. The summed E-state index contributed by atoms with van der Waals surface area (Å²) in [6.07, 6.45) is 1.96. The Hall–Kier alpha value is -2.56. The van der Waals surface area contributed by atoms with Gasteiger partial charge in [0, 0.05) is 24.3 Å². The molecule has 0 bridgehead atoms. The predicted octanol–water partition coefficient (Wildman–Crippen LogP) is 4.06. The summed E-state index contributed by atoms with van der Waals surface area (Å²) < 4.78 is 19.3. The number of carboxylic acids is 1. The number of benzene rings is 2. The first-order valence-electron chi connectivity index (χ1n) is 7.64. The van der Waals surface area contributed by atoms with Crippen molar-refractivity contribution in [2.75, 3.05) is 11.4 Å². The Balaban J connectivity index is 1.80. The smallest absolute Gasteiger partial charge is 0.305 e. The Labute approximate surface area is 134 Å². The van der Waals surface area contributed by atoms with Gasteiger partial charge in [0.05, 0.1) is 6.42 Å². The number of carbonyl (C=O) groups is 1. The first-order chi connectivity index (χ1) is 11.1. The van der Waals surface area contributed by atoms with Crippen LogP contribution in [0.5, 0.6) is 11.5 Å². The SMILES string of the molecule is O=C(O)CC1CCCN1c1cccc(Oc2ccccc2F)c1. The van der Waals surface area contributed by atoms with Gasteiger partial charge in [0.25, 0.3) is 0 Å². The van der Waals surface area contributed by atoms with E-state index in [1.165, 1.54) is 6.07 Å². The third-order valence-electron chi connectivity index (χ3n) is 4.00. The molecule has 0 amide bonds. The summed E-state index contributed by atoms with van der Waals surface area (Å²) in [6, 6.07) is 13.6. The summed E-state index contributed by atoms with van der Waals surface area (Å²) in [4.78, 5) is 13.1. The monoisotopic (exact) mass is 315 g/mol. The van der Waals surface area contributed by atoms with Crippen molar-refractivity contribution in [3.63, 3.8) is 0 Å². The number of hydrogen-bond acceptors (Lipinski definition) is 3. The lowest BCUT2D eigenvalue weighted by molar-refractivity contribution is -0.137. The molecule has 0 aliphatic carbocycles. The number of rotatable bonds is 5. The number of ether oxygens (including phenoxy) is 1. The van der Waals surface area contributed by atoms with Crippen LogP contribution in [-0.4, -0.2) is 23.7 Å². The molecule has 5 heteroatoms. The van der Waals surface area contributed by atoms with Crippen LogP contribution in [0.1, 0.15) is 19.3 Å². The van der Waals surface area contributed by atoms with Crippen LogP contribution in [0, 0.1) is 5.82 Å². The number of anilines is 1. The molecule has 2 aromatic rings. The van der Waals surface area contributed by atoms with Gasteiger partial charge < -0.3 is 14.7 Å². The largest absolute Gasteiger partial charge is 0.481 e. The van der Waals surface area contributed by atoms with E-state index in [2.05, 4.69) is 4.90 Å². The fraction of sp³-hybridized carbons (Fsp3) is 0.278. The van der Waals surface area contributed by atoms with Crippen molar-refractivity contribution in [3.05, 3.63) is 54.3 Å². The van der Waals surface area contributed by atoms with Crippen LogP contribution in [-0.2, 0) is 4.79 Å². The third kappa shape index (κ3) is 3.62. The third-order valence-corrected chi connectivity index (χ3v) is 4.00. The first-order valence-corrected chi connectivity index (χ1v) is 7.64. The molecular formula is C18H18FNO3. The van der Waals surface area contributed by atoms with Gasteiger partial charge in [-0.3, -0.25) is 4.79 Å². The molecule has 0 spiro atoms. The lowest BCUT2D eigenvalue weighted by Crippen LogP contribution is -2.31. The fourth-order valence-electron chi connectivity index (χ4n) is 2.97. The maximum absolute atomic E-state index is 13.7. The summed E-state index contributed by atoms with van der Waals surface area (Å²) >= 11 is 0. The standard InChI is InChI=1S/C18H18FNO3/c19-16-8-1-2-9-17(16)23-15-7-3-5-13(11-15)20-10-4-6-14(20)12-18(21)22/h1-3,5,7-9,11,14H,4,6,10,12H2,(H,21,22). The van der Waals surface area contributed by atoms with Crippen molar-refractivity contribution in [1.82, 2.24) is 0 Å². The van der Waals surface area contributed by atoms with Gasteiger partial charge >= 0.3 is 5.97 Å². The van der Waals surface area contributed by atoms with Gasteiger partial charge in [0.1, 0.15) is 5.75 Å². The minimum Gasteiger partial charge on any atom is -0.481 e. The highest BCUT2D eigenvalue weighted by atomic mass is 19.1. The van der Waals surface area contributed by atoms with Gasteiger partial charge in [0.15, 0.2) is 11.6 Å². The summed E-state index contributed by atoms with van der Waals surface area (Å²) in [5.41, 5.74) is 0.905. The van der Waals surface area contributed by atoms with Crippen LogP contribution < -0.4 is 9.64 Å². The molecule has 1 aliphatic heterocycles. The van der Waals surface area contributed by atoms with Crippen LogP contribution in [0.2, 0.25) is 0 Å². The zero-order valence-electron chi connectivity index (χ0n) is 12.6. The van der Waals surface area contributed by atoms with E-state index in [0.29, 0.717) is 5.75 Å². The Morgan fingerprint density at radius 3 is 2.87 bits per heavy atom. The van der Waals surface area contributed by atoms with Gasteiger partial charge in [-0.1, -0.05) is 18.2 Å². The average Bonchev–Trinajstić information content (AvgIpc) is 2.97. The van der Waals surface area contributed by atoms with Crippen LogP contribution in [0.4, 0.5) is 10.1 Å². The summed E-state index contributed by atoms with van der Waals surface area (Å²) in [6.45, 7) is 0.821. The van der Waals surface area contributed by atoms with Gasteiger partial charge in [0.2, 0.25) is 0 Å². The summed E-state index contributed by atoms with van der Waals surface area (Å²) in [7, 11) is 0. The van der Waals surface area contributed by atoms with E-state index >= 15 is 0 Å². The lowest BCUT2D eigenvalue weighted by atomic mass is 10.1. The van der Waals surface area contributed by atoms with Crippen molar-refractivity contribution < 1.29 is 19.0 Å². The minimum atomic E-state index is -0.791. The van der Waals surface area contributed by atoms with Crippen LogP contribution in [0.25, 0.3) is 0 Å². The number of carboxylic acid groups (broad SMARTS) is 1.